The van der Waals surface area contributed by atoms with Crippen molar-refractivity contribution in [2.24, 2.45) is 0 Å². The van der Waals surface area contributed by atoms with Crippen molar-refractivity contribution in [3.63, 3.8) is 0 Å². The molecular weight excluding hydrogens is 444 g/mol. The van der Waals surface area contributed by atoms with E-state index in [1.807, 2.05) is 6.92 Å². The van der Waals surface area contributed by atoms with E-state index in [0.29, 0.717) is 92.5 Å². The van der Waals surface area contributed by atoms with E-state index < -0.39 is 0 Å². The number of rotatable bonds is 24. The minimum Gasteiger partial charge on any atom is -0.394 e. The third-order valence-corrected chi connectivity index (χ3v) is 3.07. The summed E-state index contributed by atoms with van der Waals surface area (Å²) in [5.41, 5.74) is 0. The summed E-state index contributed by atoms with van der Waals surface area (Å²) in [5.74, 6) is 0. The lowest BCUT2D eigenvalue weighted by molar-refractivity contribution is 0.00965. The van der Waals surface area contributed by atoms with Crippen LogP contribution in [0.5, 0.6) is 0 Å². The molecule has 0 amide bonds. The van der Waals surface area contributed by atoms with E-state index in [0.717, 1.165) is 6.61 Å². The predicted octanol–water partition coefficient (Wildman–Crippen LogP) is -1.29. The molecule has 0 bridgehead atoms. The molecule has 0 unspecified atom stereocenters. The molecule has 0 aromatic carbocycles. The van der Waals surface area contributed by atoms with Gasteiger partial charge in [-0.2, -0.15) is 0 Å². The summed E-state index contributed by atoms with van der Waals surface area (Å²) in [6, 6.07) is 0. The van der Waals surface area contributed by atoms with Gasteiger partial charge in [-0.15, -0.1) is 0 Å². The molecular formula is C21H48O12. The number of hydrogen-bond acceptors (Lipinski definition) is 12. The standard InChI is InChI=1S/C8H18O4.C7H16O4.C6H14O4/c1-2-10-5-6-12-8-7-11-4-3-9;1-9-4-5-11-7-6-10-3-2-8;7-1-3-9-5-6-10-4-2-8/h9H,2-8H2,1H3;8H,2-7H2,1H3;7-8H,1-6H2. The summed E-state index contributed by atoms with van der Waals surface area (Å²) >= 11 is 0. The van der Waals surface area contributed by atoms with Crippen LogP contribution in [0.4, 0.5) is 0 Å². The summed E-state index contributed by atoms with van der Waals surface area (Å²) < 4.78 is 39.7. The van der Waals surface area contributed by atoms with Crippen LogP contribution in [0.1, 0.15) is 6.92 Å². The molecule has 12 nitrogen and oxygen atoms in total. The minimum atomic E-state index is 0.0417. The highest BCUT2D eigenvalue weighted by atomic mass is 16.6. The molecule has 0 fully saturated rings. The third kappa shape index (κ3) is 49.7. The lowest BCUT2D eigenvalue weighted by Crippen LogP contribution is -2.10. The molecule has 0 aliphatic carbocycles. The molecule has 0 aliphatic heterocycles. The van der Waals surface area contributed by atoms with E-state index in [-0.39, 0.29) is 26.4 Å². The summed E-state index contributed by atoms with van der Waals surface area (Å²) in [7, 11) is 1.63. The fraction of sp³-hybridized carbons (Fsp3) is 1.00. The Morgan fingerprint density at radius 1 is 0.364 bits per heavy atom. The van der Waals surface area contributed by atoms with Crippen molar-refractivity contribution in [2.75, 3.05) is 133 Å². The van der Waals surface area contributed by atoms with Crippen molar-refractivity contribution in [3.8, 4) is 0 Å². The molecule has 0 aromatic rings. The maximum absolute atomic E-state index is 8.35. The Bertz CT molecular complexity index is 262. The molecule has 12 heteroatoms. The maximum Gasteiger partial charge on any atom is 0.0701 e. The zero-order chi connectivity index (χ0) is 25.1. The lowest BCUT2D eigenvalue weighted by atomic mass is 10.7. The number of hydrogen-bond donors (Lipinski definition) is 4. The molecule has 0 heterocycles. The summed E-state index contributed by atoms with van der Waals surface area (Å²) in [6.07, 6.45) is 0. The SMILES string of the molecule is CCOCCOCCOCCO.COCCOCCOCCO.OCCOCCOCCO. The van der Waals surface area contributed by atoms with Crippen LogP contribution in [0.25, 0.3) is 0 Å². The Balaban J connectivity index is -0.000000411. The number of aliphatic hydroxyl groups is 4. The highest BCUT2D eigenvalue weighted by Crippen LogP contribution is 1.80. The molecule has 0 aromatic heterocycles. The van der Waals surface area contributed by atoms with Crippen LogP contribution in [0.15, 0.2) is 0 Å². The van der Waals surface area contributed by atoms with Crippen molar-refractivity contribution < 1.29 is 58.3 Å². The van der Waals surface area contributed by atoms with Gasteiger partial charge in [0.1, 0.15) is 0 Å². The zero-order valence-electron chi connectivity index (χ0n) is 20.5. The second kappa shape index (κ2) is 41.7. The van der Waals surface area contributed by atoms with E-state index in [1.165, 1.54) is 0 Å². The third-order valence-electron chi connectivity index (χ3n) is 3.07. The molecule has 33 heavy (non-hydrogen) atoms. The Kier molecular flexibility index (Phi) is 46.9. The molecule has 4 N–H and O–H groups in total. The first-order valence-electron chi connectivity index (χ1n) is 11.2. The first kappa shape index (κ1) is 37.1. The van der Waals surface area contributed by atoms with Crippen LogP contribution in [-0.4, -0.2) is 153 Å². The monoisotopic (exact) mass is 492 g/mol. The number of methoxy groups -OCH3 is 1. The van der Waals surface area contributed by atoms with Gasteiger partial charge < -0.3 is 58.3 Å². The Hall–Kier alpha value is -0.480. The highest BCUT2D eigenvalue weighted by molar-refractivity contribution is 4.33. The Morgan fingerprint density at radius 3 is 0.848 bits per heavy atom. The van der Waals surface area contributed by atoms with Gasteiger partial charge in [-0.05, 0) is 6.92 Å². The first-order valence-corrected chi connectivity index (χ1v) is 11.2. The largest absolute Gasteiger partial charge is 0.394 e. The van der Waals surface area contributed by atoms with Crippen LogP contribution in [0.3, 0.4) is 0 Å². The molecule has 0 radical (unpaired) electrons. The smallest absolute Gasteiger partial charge is 0.0701 e. The van der Waals surface area contributed by atoms with Gasteiger partial charge in [0.2, 0.25) is 0 Å². The molecule has 0 spiro atoms. The zero-order valence-corrected chi connectivity index (χ0v) is 20.5. The topological polar surface area (TPSA) is 155 Å². The van der Waals surface area contributed by atoms with Crippen molar-refractivity contribution in [2.45, 2.75) is 6.92 Å². The van der Waals surface area contributed by atoms with Gasteiger partial charge in [-0.3, -0.25) is 0 Å². The fourth-order valence-electron chi connectivity index (χ4n) is 1.63. The molecule has 204 valence electrons. The highest BCUT2D eigenvalue weighted by Gasteiger charge is 1.89. The van der Waals surface area contributed by atoms with Gasteiger partial charge in [0.05, 0.1) is 119 Å². The fourth-order valence-corrected chi connectivity index (χ4v) is 1.63. The van der Waals surface area contributed by atoms with Crippen LogP contribution in [-0.2, 0) is 37.9 Å². The lowest BCUT2D eigenvalue weighted by Gasteiger charge is -2.04. The predicted molar refractivity (Wildman–Crippen MR) is 122 cm³/mol. The average molecular weight is 493 g/mol. The van der Waals surface area contributed by atoms with Gasteiger partial charge in [-0.1, -0.05) is 0 Å². The van der Waals surface area contributed by atoms with Gasteiger partial charge in [0.15, 0.2) is 0 Å². The quantitative estimate of drug-likeness (QED) is 0.119. The first-order chi connectivity index (χ1) is 16.2. The molecule has 0 saturated heterocycles. The number of aliphatic hydroxyl groups excluding tert-OH is 4. The molecule has 0 saturated carbocycles. The van der Waals surface area contributed by atoms with Crippen LogP contribution in [0.2, 0.25) is 0 Å². The van der Waals surface area contributed by atoms with Crippen molar-refractivity contribution in [1.82, 2.24) is 0 Å². The Labute approximate surface area is 198 Å². The number of ether oxygens (including phenoxy) is 8. The van der Waals surface area contributed by atoms with E-state index in [1.54, 1.807) is 7.11 Å². The molecule has 0 aliphatic rings. The van der Waals surface area contributed by atoms with Crippen molar-refractivity contribution >= 4 is 0 Å². The van der Waals surface area contributed by atoms with E-state index in [9.17, 15) is 0 Å². The normalized spacial score (nSPS) is 10.4. The summed E-state index contributed by atoms with van der Waals surface area (Å²) in [6.45, 7) is 9.94. The van der Waals surface area contributed by atoms with Gasteiger partial charge in [-0.25, -0.2) is 0 Å². The summed E-state index contributed by atoms with van der Waals surface area (Å²) in [4.78, 5) is 0. The van der Waals surface area contributed by atoms with E-state index in [4.69, 9.17) is 58.3 Å². The van der Waals surface area contributed by atoms with Crippen LogP contribution in [0, 0.1) is 0 Å². The van der Waals surface area contributed by atoms with Gasteiger partial charge >= 0.3 is 0 Å². The van der Waals surface area contributed by atoms with E-state index >= 15 is 0 Å². The van der Waals surface area contributed by atoms with Gasteiger partial charge in [0, 0.05) is 13.7 Å². The minimum absolute atomic E-state index is 0.0417. The maximum atomic E-state index is 8.35. The Morgan fingerprint density at radius 2 is 0.606 bits per heavy atom. The van der Waals surface area contributed by atoms with Crippen molar-refractivity contribution in [3.05, 3.63) is 0 Å². The molecule has 0 atom stereocenters. The summed E-state index contributed by atoms with van der Waals surface area (Å²) in [5, 5.41) is 33.2. The van der Waals surface area contributed by atoms with Crippen LogP contribution < -0.4 is 0 Å². The average Bonchev–Trinajstić information content (AvgIpc) is 2.83. The van der Waals surface area contributed by atoms with Crippen LogP contribution >= 0.6 is 0 Å². The van der Waals surface area contributed by atoms with E-state index in [2.05, 4.69) is 0 Å². The second-order valence-electron chi connectivity index (χ2n) is 5.76. The second-order valence-corrected chi connectivity index (χ2v) is 5.76. The van der Waals surface area contributed by atoms with Gasteiger partial charge in [0.25, 0.3) is 0 Å². The van der Waals surface area contributed by atoms with Crippen molar-refractivity contribution in [1.29, 1.82) is 0 Å². The molecule has 0 rings (SSSR count).